The SMILES string of the molecule is CC(C)C1(c2ccccc2O)C(=O)Oc2cc(O)ccc21. The average molecular weight is 284 g/mol. The summed E-state index contributed by atoms with van der Waals surface area (Å²) in [5.74, 6) is -0.108. The van der Waals surface area contributed by atoms with Gasteiger partial charge in [-0.2, -0.15) is 0 Å². The monoisotopic (exact) mass is 284 g/mol. The van der Waals surface area contributed by atoms with E-state index >= 15 is 0 Å². The van der Waals surface area contributed by atoms with Crippen molar-refractivity contribution in [2.75, 3.05) is 0 Å². The Labute approximate surface area is 122 Å². The smallest absolute Gasteiger partial charge is 0.327 e. The van der Waals surface area contributed by atoms with E-state index in [1.165, 1.54) is 12.1 Å². The van der Waals surface area contributed by atoms with Crippen LogP contribution in [0.4, 0.5) is 0 Å². The van der Waals surface area contributed by atoms with Gasteiger partial charge in [0, 0.05) is 17.2 Å². The fourth-order valence-corrected chi connectivity index (χ4v) is 3.13. The molecule has 4 heteroatoms. The summed E-state index contributed by atoms with van der Waals surface area (Å²) >= 11 is 0. The number of aromatic hydroxyl groups is 2. The summed E-state index contributed by atoms with van der Waals surface area (Å²) < 4.78 is 5.36. The van der Waals surface area contributed by atoms with E-state index in [9.17, 15) is 15.0 Å². The number of fused-ring (bicyclic) bond motifs is 1. The molecule has 3 rings (SSSR count). The first-order valence-electron chi connectivity index (χ1n) is 6.82. The van der Waals surface area contributed by atoms with Crippen LogP contribution in [0.25, 0.3) is 0 Å². The van der Waals surface area contributed by atoms with Crippen LogP contribution in [0.2, 0.25) is 0 Å². The predicted octanol–water partition coefficient (Wildman–Crippen LogP) is 2.96. The van der Waals surface area contributed by atoms with Gasteiger partial charge >= 0.3 is 5.97 Å². The zero-order chi connectivity index (χ0) is 15.2. The lowest BCUT2D eigenvalue weighted by Crippen LogP contribution is -2.40. The Morgan fingerprint density at radius 2 is 1.76 bits per heavy atom. The van der Waals surface area contributed by atoms with Crippen molar-refractivity contribution in [1.29, 1.82) is 0 Å². The van der Waals surface area contributed by atoms with Crippen LogP contribution < -0.4 is 4.74 Å². The van der Waals surface area contributed by atoms with Gasteiger partial charge in [-0.05, 0) is 18.1 Å². The molecule has 4 nitrogen and oxygen atoms in total. The molecule has 1 heterocycles. The standard InChI is InChI=1S/C17H16O4/c1-10(2)17(12-5-3-4-6-14(12)19)13-8-7-11(18)9-15(13)21-16(17)20/h3-10,18-19H,1-2H3. The van der Waals surface area contributed by atoms with Crippen molar-refractivity contribution in [3.63, 3.8) is 0 Å². The first kappa shape index (κ1) is 13.5. The second kappa shape index (κ2) is 4.52. The average Bonchev–Trinajstić information content (AvgIpc) is 2.71. The second-order valence-electron chi connectivity index (χ2n) is 5.55. The third-order valence-electron chi connectivity index (χ3n) is 4.11. The van der Waals surface area contributed by atoms with E-state index in [4.69, 9.17) is 4.74 Å². The first-order valence-corrected chi connectivity index (χ1v) is 6.82. The van der Waals surface area contributed by atoms with E-state index in [1.54, 1.807) is 30.3 Å². The number of esters is 1. The summed E-state index contributed by atoms with van der Waals surface area (Å²) in [6.07, 6.45) is 0. The molecule has 0 bridgehead atoms. The van der Waals surface area contributed by atoms with Crippen LogP contribution in [-0.2, 0) is 10.2 Å². The van der Waals surface area contributed by atoms with Crippen molar-refractivity contribution in [3.05, 3.63) is 53.6 Å². The summed E-state index contributed by atoms with van der Waals surface area (Å²) in [6, 6.07) is 11.4. The van der Waals surface area contributed by atoms with Gasteiger partial charge in [0.05, 0.1) is 0 Å². The summed E-state index contributed by atoms with van der Waals surface area (Å²) in [5, 5.41) is 19.8. The number of rotatable bonds is 2. The zero-order valence-corrected chi connectivity index (χ0v) is 11.8. The number of ether oxygens (including phenoxy) is 1. The van der Waals surface area contributed by atoms with Crippen LogP contribution in [0, 0.1) is 5.92 Å². The van der Waals surface area contributed by atoms with Crippen molar-refractivity contribution in [2.45, 2.75) is 19.3 Å². The quantitative estimate of drug-likeness (QED) is 0.657. The molecular weight excluding hydrogens is 268 g/mol. The van der Waals surface area contributed by atoms with Crippen molar-refractivity contribution in [3.8, 4) is 17.2 Å². The Kier molecular flexibility index (Phi) is 2.90. The minimum atomic E-state index is -1.06. The van der Waals surface area contributed by atoms with E-state index in [0.29, 0.717) is 16.9 Å². The van der Waals surface area contributed by atoms with Crippen molar-refractivity contribution in [1.82, 2.24) is 0 Å². The molecular formula is C17H16O4. The summed E-state index contributed by atoms with van der Waals surface area (Å²) in [4.78, 5) is 12.6. The number of phenols is 2. The number of para-hydroxylation sites is 1. The fourth-order valence-electron chi connectivity index (χ4n) is 3.13. The number of hydrogen-bond acceptors (Lipinski definition) is 4. The molecule has 0 radical (unpaired) electrons. The number of hydrogen-bond donors (Lipinski definition) is 2. The number of carbonyl (C=O) groups excluding carboxylic acids is 1. The highest BCUT2D eigenvalue weighted by atomic mass is 16.5. The second-order valence-corrected chi connectivity index (χ2v) is 5.55. The number of carbonyl (C=O) groups is 1. The molecule has 2 aromatic rings. The first-order chi connectivity index (χ1) is 9.97. The van der Waals surface area contributed by atoms with Gasteiger partial charge in [-0.25, -0.2) is 0 Å². The molecule has 2 N–H and O–H groups in total. The Balaban J connectivity index is 2.34. The van der Waals surface area contributed by atoms with Gasteiger partial charge in [0.15, 0.2) is 0 Å². The van der Waals surface area contributed by atoms with Gasteiger partial charge in [0.2, 0.25) is 0 Å². The lowest BCUT2D eigenvalue weighted by Gasteiger charge is -2.31. The van der Waals surface area contributed by atoms with Crippen LogP contribution >= 0.6 is 0 Å². The van der Waals surface area contributed by atoms with Gasteiger partial charge in [0.25, 0.3) is 0 Å². The molecule has 108 valence electrons. The normalized spacial score (nSPS) is 20.4. The summed E-state index contributed by atoms with van der Waals surface area (Å²) in [7, 11) is 0. The Morgan fingerprint density at radius 3 is 2.43 bits per heavy atom. The molecule has 0 fully saturated rings. The maximum absolute atomic E-state index is 12.6. The Bertz CT molecular complexity index is 720. The molecule has 1 aliphatic heterocycles. The highest BCUT2D eigenvalue weighted by Gasteiger charge is 2.54. The van der Waals surface area contributed by atoms with E-state index < -0.39 is 11.4 Å². The third-order valence-corrected chi connectivity index (χ3v) is 4.11. The van der Waals surface area contributed by atoms with Crippen molar-refractivity contribution < 1.29 is 19.7 Å². The molecule has 1 unspecified atom stereocenters. The lowest BCUT2D eigenvalue weighted by atomic mass is 9.67. The van der Waals surface area contributed by atoms with E-state index in [2.05, 4.69) is 0 Å². The van der Waals surface area contributed by atoms with E-state index in [1.807, 2.05) is 13.8 Å². The largest absolute Gasteiger partial charge is 0.508 e. The number of phenolic OH excluding ortho intramolecular Hbond substituents is 2. The Hall–Kier alpha value is -2.49. The fraction of sp³-hybridized carbons (Fsp3) is 0.235. The molecule has 0 saturated carbocycles. The minimum absolute atomic E-state index is 0.0402. The predicted molar refractivity (Wildman–Crippen MR) is 77.5 cm³/mol. The lowest BCUT2D eigenvalue weighted by molar-refractivity contribution is -0.138. The summed E-state index contributed by atoms with van der Waals surface area (Å²) in [6.45, 7) is 3.82. The molecule has 0 spiro atoms. The van der Waals surface area contributed by atoms with E-state index in [0.717, 1.165) is 0 Å². The highest BCUT2D eigenvalue weighted by Crippen LogP contribution is 2.51. The Morgan fingerprint density at radius 1 is 1.05 bits per heavy atom. The molecule has 21 heavy (non-hydrogen) atoms. The molecule has 2 aromatic carbocycles. The van der Waals surface area contributed by atoms with Crippen LogP contribution in [0.15, 0.2) is 42.5 Å². The molecule has 0 aliphatic carbocycles. The molecule has 0 amide bonds. The van der Waals surface area contributed by atoms with Crippen LogP contribution in [0.5, 0.6) is 17.2 Å². The summed E-state index contributed by atoms with van der Waals surface area (Å²) in [5.41, 5.74) is 0.130. The van der Waals surface area contributed by atoms with E-state index in [-0.39, 0.29) is 17.4 Å². The van der Waals surface area contributed by atoms with Crippen molar-refractivity contribution >= 4 is 5.97 Å². The van der Waals surface area contributed by atoms with Gasteiger partial charge in [-0.3, -0.25) is 4.79 Å². The molecule has 1 atom stereocenters. The van der Waals surface area contributed by atoms with Crippen LogP contribution in [-0.4, -0.2) is 16.2 Å². The number of benzene rings is 2. The van der Waals surface area contributed by atoms with Crippen molar-refractivity contribution in [2.24, 2.45) is 5.92 Å². The minimum Gasteiger partial charge on any atom is -0.508 e. The van der Waals surface area contributed by atoms with Gasteiger partial charge in [-0.1, -0.05) is 38.1 Å². The van der Waals surface area contributed by atoms with Crippen LogP contribution in [0.1, 0.15) is 25.0 Å². The van der Waals surface area contributed by atoms with Gasteiger partial charge in [-0.15, -0.1) is 0 Å². The third kappa shape index (κ3) is 1.72. The zero-order valence-electron chi connectivity index (χ0n) is 11.8. The highest BCUT2D eigenvalue weighted by molar-refractivity contribution is 5.95. The topological polar surface area (TPSA) is 66.8 Å². The van der Waals surface area contributed by atoms with Crippen LogP contribution in [0.3, 0.4) is 0 Å². The van der Waals surface area contributed by atoms with Gasteiger partial charge < -0.3 is 14.9 Å². The molecule has 0 saturated heterocycles. The molecule has 1 aliphatic rings. The van der Waals surface area contributed by atoms with Gasteiger partial charge in [0.1, 0.15) is 22.7 Å². The maximum Gasteiger partial charge on any atom is 0.327 e. The maximum atomic E-state index is 12.6. The molecule has 0 aromatic heterocycles.